The predicted molar refractivity (Wildman–Crippen MR) is 66.3 cm³/mol. The van der Waals surface area contributed by atoms with Crippen molar-refractivity contribution in [3.05, 3.63) is 0 Å². The molecule has 1 rings (SSSR count). The highest BCUT2D eigenvalue weighted by Crippen LogP contribution is 2.18. The standard InChI is InChI=1S/C12H22N2O4/c1-8(2)14(7-11(16)17)12(18)13-9-3-5-10(15)6-4-9/h8-10,15H,3-7H2,1-2H3,(H,13,18)(H,16,17). The van der Waals surface area contributed by atoms with Crippen LogP contribution in [0.4, 0.5) is 4.79 Å². The second-order valence-corrected chi connectivity index (χ2v) is 5.07. The first kappa shape index (κ1) is 14.8. The van der Waals surface area contributed by atoms with Gasteiger partial charge in [-0.25, -0.2) is 4.79 Å². The number of amides is 2. The lowest BCUT2D eigenvalue weighted by Gasteiger charge is -2.31. The molecule has 0 atom stereocenters. The number of aliphatic hydroxyl groups is 1. The van der Waals surface area contributed by atoms with Crippen LogP contribution in [0.15, 0.2) is 0 Å². The lowest BCUT2D eigenvalue weighted by molar-refractivity contribution is -0.138. The van der Waals surface area contributed by atoms with Gasteiger partial charge in [0.25, 0.3) is 0 Å². The molecule has 0 aromatic heterocycles. The van der Waals surface area contributed by atoms with Gasteiger partial charge >= 0.3 is 12.0 Å². The number of carboxylic acid groups (broad SMARTS) is 1. The van der Waals surface area contributed by atoms with Gasteiger partial charge in [0.05, 0.1) is 6.10 Å². The van der Waals surface area contributed by atoms with Gasteiger partial charge in [-0.1, -0.05) is 0 Å². The highest BCUT2D eigenvalue weighted by molar-refractivity contribution is 5.80. The quantitative estimate of drug-likeness (QED) is 0.695. The molecule has 6 nitrogen and oxygen atoms in total. The van der Waals surface area contributed by atoms with E-state index in [-0.39, 0.29) is 30.8 Å². The van der Waals surface area contributed by atoms with Gasteiger partial charge in [-0.2, -0.15) is 0 Å². The molecule has 0 heterocycles. The topological polar surface area (TPSA) is 89.9 Å². The Labute approximate surface area is 107 Å². The Balaban J connectivity index is 2.48. The van der Waals surface area contributed by atoms with Gasteiger partial charge in [0.2, 0.25) is 0 Å². The zero-order valence-electron chi connectivity index (χ0n) is 10.9. The van der Waals surface area contributed by atoms with E-state index >= 15 is 0 Å². The van der Waals surface area contributed by atoms with Gasteiger partial charge in [-0.15, -0.1) is 0 Å². The molecule has 2 amide bonds. The van der Waals surface area contributed by atoms with Crippen LogP contribution in [-0.4, -0.2) is 51.8 Å². The fourth-order valence-electron chi connectivity index (χ4n) is 2.11. The first-order valence-corrected chi connectivity index (χ1v) is 6.37. The largest absolute Gasteiger partial charge is 0.480 e. The molecule has 0 saturated heterocycles. The predicted octanol–water partition coefficient (Wildman–Crippen LogP) is 0.794. The third-order valence-corrected chi connectivity index (χ3v) is 3.21. The van der Waals surface area contributed by atoms with Gasteiger partial charge in [-0.3, -0.25) is 4.79 Å². The molecule has 1 aliphatic rings. The Morgan fingerprint density at radius 3 is 2.28 bits per heavy atom. The molecule has 0 bridgehead atoms. The van der Waals surface area contributed by atoms with Gasteiger partial charge in [0.15, 0.2) is 0 Å². The number of urea groups is 1. The highest BCUT2D eigenvalue weighted by atomic mass is 16.4. The third kappa shape index (κ3) is 4.52. The van der Waals surface area contributed by atoms with Gasteiger partial charge in [0, 0.05) is 12.1 Å². The monoisotopic (exact) mass is 258 g/mol. The van der Waals surface area contributed by atoms with E-state index in [1.165, 1.54) is 4.90 Å². The van der Waals surface area contributed by atoms with Crippen molar-refractivity contribution in [1.82, 2.24) is 10.2 Å². The van der Waals surface area contributed by atoms with E-state index in [9.17, 15) is 14.7 Å². The van der Waals surface area contributed by atoms with Crippen molar-refractivity contribution in [3.63, 3.8) is 0 Å². The van der Waals surface area contributed by atoms with Crippen LogP contribution in [0.5, 0.6) is 0 Å². The maximum absolute atomic E-state index is 12.0. The van der Waals surface area contributed by atoms with E-state index in [4.69, 9.17) is 5.11 Å². The van der Waals surface area contributed by atoms with Crippen molar-refractivity contribution < 1.29 is 19.8 Å². The van der Waals surface area contributed by atoms with Crippen molar-refractivity contribution in [2.75, 3.05) is 6.54 Å². The van der Waals surface area contributed by atoms with Crippen LogP contribution >= 0.6 is 0 Å². The molecule has 104 valence electrons. The Morgan fingerprint density at radius 1 is 1.28 bits per heavy atom. The summed E-state index contributed by atoms with van der Waals surface area (Å²) in [6, 6.07) is -0.458. The van der Waals surface area contributed by atoms with Gasteiger partial charge in [-0.05, 0) is 39.5 Å². The van der Waals surface area contributed by atoms with Crippen LogP contribution in [0.2, 0.25) is 0 Å². The SMILES string of the molecule is CC(C)N(CC(=O)O)C(=O)NC1CCC(O)CC1. The molecule has 1 saturated carbocycles. The number of aliphatic hydroxyl groups excluding tert-OH is 1. The summed E-state index contributed by atoms with van der Waals surface area (Å²) in [5.74, 6) is -1.02. The molecular weight excluding hydrogens is 236 g/mol. The number of hydrogen-bond donors (Lipinski definition) is 3. The molecule has 0 radical (unpaired) electrons. The number of aliphatic carboxylic acids is 1. The summed E-state index contributed by atoms with van der Waals surface area (Å²) >= 11 is 0. The molecule has 1 aliphatic carbocycles. The molecule has 0 aliphatic heterocycles. The van der Waals surface area contributed by atoms with E-state index in [1.807, 2.05) is 0 Å². The van der Waals surface area contributed by atoms with Crippen molar-refractivity contribution >= 4 is 12.0 Å². The molecule has 3 N–H and O–H groups in total. The van der Waals surface area contributed by atoms with Crippen molar-refractivity contribution in [1.29, 1.82) is 0 Å². The fourth-order valence-corrected chi connectivity index (χ4v) is 2.11. The van der Waals surface area contributed by atoms with Crippen LogP contribution < -0.4 is 5.32 Å². The summed E-state index contributed by atoms with van der Waals surface area (Å²) in [5.41, 5.74) is 0. The van der Waals surface area contributed by atoms with Crippen LogP contribution in [-0.2, 0) is 4.79 Å². The minimum atomic E-state index is -1.02. The van der Waals surface area contributed by atoms with Gasteiger partial charge < -0.3 is 20.4 Å². The summed E-state index contributed by atoms with van der Waals surface area (Å²) in [5, 5.41) is 21.0. The van der Waals surface area contributed by atoms with E-state index in [0.29, 0.717) is 12.8 Å². The molecular formula is C12H22N2O4. The first-order valence-electron chi connectivity index (χ1n) is 6.37. The zero-order valence-corrected chi connectivity index (χ0v) is 10.9. The normalized spacial score (nSPS) is 23.8. The van der Waals surface area contributed by atoms with Crippen LogP contribution in [0.25, 0.3) is 0 Å². The highest BCUT2D eigenvalue weighted by Gasteiger charge is 2.25. The average Bonchev–Trinajstić information content (AvgIpc) is 2.28. The summed E-state index contributed by atoms with van der Waals surface area (Å²) in [4.78, 5) is 24.0. The summed E-state index contributed by atoms with van der Waals surface area (Å²) < 4.78 is 0. The maximum Gasteiger partial charge on any atom is 0.323 e. The molecule has 0 unspecified atom stereocenters. The average molecular weight is 258 g/mol. The number of nitrogens with one attached hydrogen (secondary N) is 1. The van der Waals surface area contributed by atoms with Gasteiger partial charge in [0.1, 0.15) is 6.54 Å². The molecule has 6 heteroatoms. The second kappa shape index (κ2) is 6.58. The lowest BCUT2D eigenvalue weighted by atomic mass is 9.93. The van der Waals surface area contributed by atoms with E-state index in [2.05, 4.69) is 5.32 Å². The Hall–Kier alpha value is -1.30. The molecule has 1 fully saturated rings. The lowest BCUT2D eigenvalue weighted by Crippen LogP contribution is -2.50. The number of nitrogens with zero attached hydrogens (tertiary/aromatic N) is 1. The number of rotatable bonds is 4. The zero-order chi connectivity index (χ0) is 13.7. The van der Waals surface area contributed by atoms with Crippen LogP contribution in [0.3, 0.4) is 0 Å². The first-order chi connectivity index (χ1) is 8.40. The summed E-state index contributed by atoms with van der Waals surface area (Å²) in [7, 11) is 0. The smallest absolute Gasteiger partial charge is 0.323 e. The number of hydrogen-bond acceptors (Lipinski definition) is 3. The van der Waals surface area contributed by atoms with Crippen LogP contribution in [0.1, 0.15) is 39.5 Å². The van der Waals surface area contributed by atoms with E-state index < -0.39 is 5.97 Å². The molecule has 18 heavy (non-hydrogen) atoms. The number of carbonyl (C=O) groups is 2. The molecule has 0 spiro atoms. The Kier molecular flexibility index (Phi) is 5.40. The third-order valence-electron chi connectivity index (χ3n) is 3.21. The van der Waals surface area contributed by atoms with Crippen molar-refractivity contribution in [2.24, 2.45) is 0 Å². The van der Waals surface area contributed by atoms with Crippen molar-refractivity contribution in [3.8, 4) is 0 Å². The second-order valence-electron chi connectivity index (χ2n) is 5.07. The number of carboxylic acids is 1. The Bertz CT molecular complexity index is 298. The summed E-state index contributed by atoms with van der Waals surface area (Å²) in [6.07, 6.45) is 2.59. The number of carbonyl (C=O) groups excluding carboxylic acids is 1. The Morgan fingerprint density at radius 2 is 1.83 bits per heavy atom. The molecule has 0 aromatic carbocycles. The van der Waals surface area contributed by atoms with E-state index in [0.717, 1.165) is 12.8 Å². The minimum Gasteiger partial charge on any atom is -0.480 e. The van der Waals surface area contributed by atoms with E-state index in [1.54, 1.807) is 13.8 Å². The summed E-state index contributed by atoms with van der Waals surface area (Å²) in [6.45, 7) is 3.28. The molecule has 0 aromatic rings. The minimum absolute atomic E-state index is 0.0379. The van der Waals surface area contributed by atoms with Crippen LogP contribution in [0, 0.1) is 0 Å². The fraction of sp³-hybridized carbons (Fsp3) is 0.833. The van der Waals surface area contributed by atoms with Crippen molar-refractivity contribution in [2.45, 2.75) is 57.7 Å². The maximum atomic E-state index is 12.0.